The van der Waals surface area contributed by atoms with E-state index < -0.39 is 0 Å². The maximum atomic E-state index is 2.47. The highest BCUT2D eigenvalue weighted by atomic mass is 15.1. The highest BCUT2D eigenvalue weighted by Gasteiger charge is 2.20. The monoisotopic (exact) mass is 814 g/mol. The van der Waals surface area contributed by atoms with Gasteiger partial charge in [-0.05, 0) is 127 Å². The van der Waals surface area contributed by atoms with Gasteiger partial charge in [0.15, 0.2) is 0 Å². The van der Waals surface area contributed by atoms with Crippen molar-refractivity contribution in [3.05, 3.63) is 255 Å². The Kier molecular flexibility index (Phi) is 9.20. The van der Waals surface area contributed by atoms with Crippen molar-refractivity contribution in [3.8, 4) is 50.2 Å². The van der Waals surface area contributed by atoms with Gasteiger partial charge in [0.05, 0.1) is 16.7 Å². The molecule has 0 bridgehead atoms. The number of aromatic nitrogens is 1. The summed E-state index contributed by atoms with van der Waals surface area (Å²) >= 11 is 0. The normalized spacial score (nSPS) is 11.4. The molecular formula is C62H42N2. The van der Waals surface area contributed by atoms with Crippen molar-refractivity contribution < 1.29 is 0 Å². The van der Waals surface area contributed by atoms with Crippen LogP contribution < -0.4 is 4.90 Å². The first-order valence-electron chi connectivity index (χ1n) is 22.0. The first kappa shape index (κ1) is 37.3. The molecule has 12 aromatic rings. The van der Waals surface area contributed by atoms with Gasteiger partial charge >= 0.3 is 0 Å². The lowest BCUT2D eigenvalue weighted by atomic mass is 9.92. The van der Waals surface area contributed by atoms with Crippen LogP contribution in [0.15, 0.2) is 255 Å². The molecule has 64 heavy (non-hydrogen) atoms. The smallest absolute Gasteiger partial charge is 0.0547 e. The van der Waals surface area contributed by atoms with Crippen LogP contribution >= 0.6 is 0 Å². The molecule has 0 saturated heterocycles. The van der Waals surface area contributed by atoms with Crippen LogP contribution in [0.5, 0.6) is 0 Å². The van der Waals surface area contributed by atoms with E-state index >= 15 is 0 Å². The molecule has 2 nitrogen and oxygen atoms in total. The molecule has 0 amide bonds. The third-order valence-electron chi connectivity index (χ3n) is 12.7. The van der Waals surface area contributed by atoms with E-state index in [1.807, 2.05) is 0 Å². The van der Waals surface area contributed by atoms with E-state index in [1.165, 1.54) is 82.3 Å². The summed E-state index contributed by atoms with van der Waals surface area (Å²) in [5, 5.41) is 7.46. The largest absolute Gasteiger partial charge is 0.310 e. The number of hydrogen-bond donors (Lipinski definition) is 0. The molecule has 12 rings (SSSR count). The summed E-state index contributed by atoms with van der Waals surface area (Å²) in [7, 11) is 0. The molecule has 1 heterocycles. The number of rotatable bonds is 8. The van der Waals surface area contributed by atoms with Gasteiger partial charge < -0.3 is 9.47 Å². The fourth-order valence-electron chi connectivity index (χ4n) is 9.65. The van der Waals surface area contributed by atoms with Gasteiger partial charge in [-0.2, -0.15) is 0 Å². The average molecular weight is 815 g/mol. The summed E-state index contributed by atoms with van der Waals surface area (Å²) < 4.78 is 2.47. The topological polar surface area (TPSA) is 8.17 Å². The van der Waals surface area contributed by atoms with Gasteiger partial charge in [0.1, 0.15) is 0 Å². The lowest BCUT2D eigenvalue weighted by Crippen LogP contribution is -2.10. The predicted molar refractivity (Wildman–Crippen MR) is 272 cm³/mol. The third kappa shape index (κ3) is 6.61. The Bertz CT molecular complexity index is 3640. The molecule has 0 atom stereocenters. The Labute approximate surface area is 373 Å². The number of hydrogen-bond acceptors (Lipinski definition) is 1. The van der Waals surface area contributed by atoms with E-state index in [0.717, 1.165) is 28.3 Å². The molecule has 0 unspecified atom stereocenters. The second-order valence-corrected chi connectivity index (χ2v) is 16.5. The van der Waals surface area contributed by atoms with Gasteiger partial charge in [-0.25, -0.2) is 0 Å². The fraction of sp³-hybridized carbons (Fsp3) is 0. The highest BCUT2D eigenvalue weighted by Crippen LogP contribution is 2.44. The van der Waals surface area contributed by atoms with Crippen molar-refractivity contribution in [3.63, 3.8) is 0 Å². The van der Waals surface area contributed by atoms with Crippen molar-refractivity contribution >= 4 is 60.4 Å². The molecule has 0 aliphatic rings. The molecule has 11 aromatic carbocycles. The van der Waals surface area contributed by atoms with Crippen molar-refractivity contribution in [2.75, 3.05) is 4.90 Å². The van der Waals surface area contributed by atoms with Crippen LogP contribution in [0, 0.1) is 0 Å². The molecule has 0 fully saturated rings. The van der Waals surface area contributed by atoms with Gasteiger partial charge in [0.2, 0.25) is 0 Å². The summed E-state index contributed by atoms with van der Waals surface area (Å²) in [6.07, 6.45) is 0. The lowest BCUT2D eigenvalue weighted by Gasteiger charge is -2.27. The minimum absolute atomic E-state index is 1.08. The van der Waals surface area contributed by atoms with Crippen LogP contribution in [0.25, 0.3) is 93.5 Å². The van der Waals surface area contributed by atoms with Crippen molar-refractivity contribution in [1.82, 2.24) is 4.57 Å². The molecule has 300 valence electrons. The zero-order valence-corrected chi connectivity index (χ0v) is 35.1. The van der Waals surface area contributed by atoms with Gasteiger partial charge in [0.25, 0.3) is 0 Å². The number of benzene rings is 11. The number of fused-ring (bicyclic) bond motifs is 5. The molecule has 0 radical (unpaired) electrons. The maximum absolute atomic E-state index is 2.47. The van der Waals surface area contributed by atoms with Crippen molar-refractivity contribution in [1.29, 1.82) is 0 Å². The number of anilines is 3. The third-order valence-corrected chi connectivity index (χ3v) is 12.7. The van der Waals surface area contributed by atoms with E-state index in [2.05, 4.69) is 264 Å². The summed E-state index contributed by atoms with van der Waals surface area (Å²) in [4.78, 5) is 2.38. The number of nitrogens with zero attached hydrogens (tertiary/aromatic N) is 2. The molecule has 0 spiro atoms. The Balaban J connectivity index is 1.01. The maximum Gasteiger partial charge on any atom is 0.0547 e. The summed E-state index contributed by atoms with van der Waals surface area (Å²) in [5.74, 6) is 0. The average Bonchev–Trinajstić information content (AvgIpc) is 3.69. The summed E-state index contributed by atoms with van der Waals surface area (Å²) in [6.45, 7) is 0. The van der Waals surface area contributed by atoms with Gasteiger partial charge in [0, 0.05) is 33.4 Å². The molecule has 0 N–H and O–H groups in total. The quantitative estimate of drug-likeness (QED) is 0.148. The Morgan fingerprint density at radius 2 is 0.797 bits per heavy atom. The Morgan fingerprint density at radius 3 is 1.53 bits per heavy atom. The van der Waals surface area contributed by atoms with Crippen LogP contribution in [0.3, 0.4) is 0 Å². The van der Waals surface area contributed by atoms with Crippen molar-refractivity contribution in [2.45, 2.75) is 0 Å². The highest BCUT2D eigenvalue weighted by molar-refractivity contribution is 6.14. The van der Waals surface area contributed by atoms with E-state index in [4.69, 9.17) is 0 Å². The Hall–Kier alpha value is -8.46. The van der Waals surface area contributed by atoms with Gasteiger partial charge in [-0.1, -0.05) is 188 Å². The molecule has 0 aliphatic heterocycles. The Morgan fingerprint density at radius 1 is 0.266 bits per heavy atom. The molecule has 1 aromatic heterocycles. The second kappa shape index (κ2) is 15.8. The van der Waals surface area contributed by atoms with Gasteiger partial charge in [-0.15, -0.1) is 0 Å². The van der Waals surface area contributed by atoms with E-state index in [1.54, 1.807) is 0 Å². The zero-order valence-electron chi connectivity index (χ0n) is 35.1. The second-order valence-electron chi connectivity index (χ2n) is 16.5. The SMILES string of the molecule is c1ccc(-c2ccc(N(c3ccc(-c4cccc(-n5c6ccccc6c6cc7ccccc7cc65)c4-c4ccccc4)cc3)c3cccc(-c4ccc5ccccc5c4)c3)cc2)cc1. The minimum Gasteiger partial charge on any atom is -0.310 e. The molecule has 0 aliphatic carbocycles. The number of para-hydroxylation sites is 1. The summed E-state index contributed by atoms with van der Waals surface area (Å²) in [6, 6.07) is 92.7. The minimum atomic E-state index is 1.08. The van der Waals surface area contributed by atoms with E-state index in [-0.39, 0.29) is 0 Å². The standard InChI is InChI=1S/C62H42N2/c1-3-15-43(16-4-1)45-31-35-53(36-32-45)63(55-24-13-23-49(40-55)52-30-29-44-17-7-8-20-48(44)39-52)54-37-33-46(34-38-54)56-26-14-28-60(62(56)47-18-5-2-6-19-47)64-59-27-12-11-25-57(59)58-41-50-21-9-10-22-51(50)42-61(58)64/h1-42H. The molecule has 2 heteroatoms. The van der Waals surface area contributed by atoms with Crippen molar-refractivity contribution in [2.24, 2.45) is 0 Å². The zero-order chi connectivity index (χ0) is 42.4. The molecule has 0 saturated carbocycles. The van der Waals surface area contributed by atoms with Crippen LogP contribution in [-0.4, -0.2) is 4.57 Å². The lowest BCUT2D eigenvalue weighted by molar-refractivity contribution is 1.18. The first-order valence-corrected chi connectivity index (χ1v) is 22.0. The van der Waals surface area contributed by atoms with E-state index in [9.17, 15) is 0 Å². The first-order chi connectivity index (χ1) is 31.7. The van der Waals surface area contributed by atoms with Gasteiger partial charge in [-0.3, -0.25) is 0 Å². The van der Waals surface area contributed by atoms with E-state index in [0.29, 0.717) is 0 Å². The van der Waals surface area contributed by atoms with Crippen LogP contribution in [0.4, 0.5) is 17.1 Å². The predicted octanol–water partition coefficient (Wildman–Crippen LogP) is 17.2. The van der Waals surface area contributed by atoms with Crippen LogP contribution in [0.1, 0.15) is 0 Å². The fourth-order valence-corrected chi connectivity index (χ4v) is 9.65. The van der Waals surface area contributed by atoms with Crippen LogP contribution in [0.2, 0.25) is 0 Å². The summed E-state index contributed by atoms with van der Waals surface area (Å²) in [5.41, 5.74) is 16.3. The van der Waals surface area contributed by atoms with Crippen LogP contribution in [-0.2, 0) is 0 Å². The molecular weight excluding hydrogens is 773 g/mol.